The van der Waals surface area contributed by atoms with Gasteiger partial charge in [0.2, 0.25) is 10.0 Å². The van der Waals surface area contributed by atoms with E-state index in [0.717, 1.165) is 16.7 Å². The maximum Gasteiger partial charge on any atom is 0.211 e. The highest BCUT2D eigenvalue weighted by Gasteiger charge is 2.28. The molecule has 0 saturated carbocycles. The van der Waals surface area contributed by atoms with E-state index in [9.17, 15) is 13.5 Å². The average molecular weight is 283 g/mol. The summed E-state index contributed by atoms with van der Waals surface area (Å²) < 4.78 is 24.6. The summed E-state index contributed by atoms with van der Waals surface area (Å²) in [6, 6.07) is 5.74. The Bertz CT molecular complexity index is 587. The van der Waals surface area contributed by atoms with Gasteiger partial charge in [-0.15, -0.1) is 0 Å². The second kappa shape index (κ2) is 4.58. The van der Waals surface area contributed by atoms with Crippen molar-refractivity contribution in [2.75, 3.05) is 6.26 Å². The van der Waals surface area contributed by atoms with Gasteiger partial charge in [-0.3, -0.25) is 0 Å². The van der Waals surface area contributed by atoms with E-state index >= 15 is 0 Å². The van der Waals surface area contributed by atoms with Crippen LogP contribution in [0.1, 0.15) is 43.6 Å². The molecule has 1 N–H and O–H groups in total. The second-order valence-electron chi connectivity index (χ2n) is 6.33. The number of hydrogen-bond acceptors (Lipinski definition) is 3. The molecule has 0 aromatic heterocycles. The van der Waals surface area contributed by atoms with E-state index in [0.29, 0.717) is 13.1 Å². The summed E-state index contributed by atoms with van der Waals surface area (Å²) in [7, 11) is -3.16. The molecule has 0 radical (unpaired) electrons. The zero-order chi connectivity index (χ0) is 14.4. The standard InChI is InChI=1S/C14H21NO3S/c1-14(2,3)13(16)10-5-6-11-8-15(19(4,17)18)9-12(11)7-10/h5-7,13,16H,8-9H2,1-4H3. The number of nitrogens with zero attached hydrogens (tertiary/aromatic N) is 1. The Labute approximate surface area is 115 Å². The van der Waals surface area contributed by atoms with E-state index in [-0.39, 0.29) is 5.41 Å². The molecule has 1 atom stereocenters. The lowest BCUT2D eigenvalue weighted by molar-refractivity contribution is 0.0626. The molecule has 1 heterocycles. The van der Waals surface area contributed by atoms with Crippen LogP contribution in [0.15, 0.2) is 18.2 Å². The molecule has 0 saturated heterocycles. The van der Waals surface area contributed by atoms with Crippen LogP contribution in [0.5, 0.6) is 0 Å². The summed E-state index contributed by atoms with van der Waals surface area (Å²) in [5, 5.41) is 10.3. The minimum atomic E-state index is -3.16. The van der Waals surface area contributed by atoms with Crippen LogP contribution in [-0.2, 0) is 23.1 Å². The predicted octanol–water partition coefficient (Wildman–Crippen LogP) is 2.04. The molecule has 1 aromatic rings. The number of hydrogen-bond donors (Lipinski definition) is 1. The van der Waals surface area contributed by atoms with Gasteiger partial charge < -0.3 is 5.11 Å². The Morgan fingerprint density at radius 2 is 1.79 bits per heavy atom. The maximum absolute atomic E-state index is 11.6. The molecule has 1 unspecified atom stereocenters. The van der Waals surface area contributed by atoms with Crippen molar-refractivity contribution in [2.45, 2.75) is 40.0 Å². The van der Waals surface area contributed by atoms with Gasteiger partial charge in [0, 0.05) is 13.1 Å². The monoisotopic (exact) mass is 283 g/mol. The first-order valence-electron chi connectivity index (χ1n) is 6.34. The third-order valence-corrected chi connectivity index (χ3v) is 4.73. The van der Waals surface area contributed by atoms with Gasteiger partial charge in [0.1, 0.15) is 0 Å². The van der Waals surface area contributed by atoms with E-state index in [2.05, 4.69) is 0 Å². The summed E-state index contributed by atoms with van der Waals surface area (Å²) in [4.78, 5) is 0. The molecule has 5 heteroatoms. The number of aliphatic hydroxyl groups is 1. The Morgan fingerprint density at radius 1 is 1.21 bits per heavy atom. The Kier molecular flexibility index (Phi) is 3.49. The van der Waals surface area contributed by atoms with Crippen molar-refractivity contribution in [2.24, 2.45) is 5.41 Å². The van der Waals surface area contributed by atoms with Crippen molar-refractivity contribution < 1.29 is 13.5 Å². The fraction of sp³-hybridized carbons (Fsp3) is 0.571. The summed E-state index contributed by atoms with van der Waals surface area (Å²) in [5.41, 5.74) is 2.63. The molecule has 2 rings (SSSR count). The van der Waals surface area contributed by atoms with E-state index in [1.807, 2.05) is 39.0 Å². The molecule has 0 aliphatic carbocycles. The van der Waals surface area contributed by atoms with Crippen LogP contribution in [0.2, 0.25) is 0 Å². The summed E-state index contributed by atoms with van der Waals surface area (Å²) in [6.07, 6.45) is 0.675. The number of fused-ring (bicyclic) bond motifs is 1. The first kappa shape index (κ1) is 14.5. The SMILES string of the molecule is CC(C)(C)C(O)c1ccc2c(c1)CN(S(C)(=O)=O)C2. The van der Waals surface area contributed by atoms with Gasteiger partial charge in [0.05, 0.1) is 12.4 Å². The number of rotatable bonds is 2. The third-order valence-electron chi connectivity index (χ3n) is 3.53. The van der Waals surface area contributed by atoms with Crippen LogP contribution in [0.4, 0.5) is 0 Å². The van der Waals surface area contributed by atoms with Crippen LogP contribution >= 0.6 is 0 Å². The second-order valence-corrected chi connectivity index (χ2v) is 8.31. The van der Waals surface area contributed by atoms with E-state index in [1.54, 1.807) is 0 Å². The molecule has 0 bridgehead atoms. The normalized spacial score (nSPS) is 18.4. The molecular weight excluding hydrogens is 262 g/mol. The lowest BCUT2D eigenvalue weighted by atomic mass is 9.84. The quantitative estimate of drug-likeness (QED) is 0.903. The van der Waals surface area contributed by atoms with Crippen LogP contribution < -0.4 is 0 Å². The Balaban J connectivity index is 2.30. The molecule has 4 nitrogen and oxygen atoms in total. The molecular formula is C14H21NO3S. The van der Waals surface area contributed by atoms with Gasteiger partial charge in [0.15, 0.2) is 0 Å². The van der Waals surface area contributed by atoms with Crippen molar-refractivity contribution in [1.29, 1.82) is 0 Å². The van der Waals surface area contributed by atoms with Crippen LogP contribution in [0.3, 0.4) is 0 Å². The fourth-order valence-electron chi connectivity index (χ4n) is 2.29. The summed E-state index contributed by atoms with van der Waals surface area (Å²) in [5.74, 6) is 0. The van der Waals surface area contributed by atoms with Crippen molar-refractivity contribution in [3.05, 3.63) is 34.9 Å². The van der Waals surface area contributed by atoms with E-state index in [1.165, 1.54) is 10.6 Å². The fourth-order valence-corrected chi connectivity index (χ4v) is 3.03. The first-order valence-corrected chi connectivity index (χ1v) is 8.19. The van der Waals surface area contributed by atoms with Crippen LogP contribution in [0.25, 0.3) is 0 Å². The minimum Gasteiger partial charge on any atom is -0.388 e. The molecule has 106 valence electrons. The van der Waals surface area contributed by atoms with Crippen molar-refractivity contribution >= 4 is 10.0 Å². The first-order chi connectivity index (χ1) is 8.59. The lowest BCUT2D eigenvalue weighted by Crippen LogP contribution is -2.23. The highest BCUT2D eigenvalue weighted by atomic mass is 32.2. The number of benzene rings is 1. The highest BCUT2D eigenvalue weighted by Crippen LogP contribution is 2.35. The van der Waals surface area contributed by atoms with E-state index < -0.39 is 16.1 Å². The lowest BCUT2D eigenvalue weighted by Gasteiger charge is -2.26. The minimum absolute atomic E-state index is 0.233. The Hall–Kier alpha value is -0.910. The molecule has 1 aliphatic rings. The van der Waals surface area contributed by atoms with Crippen LogP contribution in [-0.4, -0.2) is 24.1 Å². The zero-order valence-corrected chi connectivity index (χ0v) is 12.7. The molecule has 0 spiro atoms. The molecule has 1 aliphatic heterocycles. The summed E-state index contributed by atoms with van der Waals surface area (Å²) in [6.45, 7) is 6.77. The molecule has 0 fully saturated rings. The van der Waals surface area contributed by atoms with Gasteiger partial charge >= 0.3 is 0 Å². The van der Waals surface area contributed by atoms with Gasteiger partial charge in [-0.05, 0) is 22.1 Å². The topological polar surface area (TPSA) is 57.6 Å². The van der Waals surface area contributed by atoms with Gasteiger partial charge in [-0.25, -0.2) is 8.42 Å². The highest BCUT2D eigenvalue weighted by molar-refractivity contribution is 7.88. The van der Waals surface area contributed by atoms with Gasteiger partial charge in [-0.2, -0.15) is 4.31 Å². The molecule has 19 heavy (non-hydrogen) atoms. The Morgan fingerprint density at radius 3 is 2.32 bits per heavy atom. The van der Waals surface area contributed by atoms with Gasteiger partial charge in [-0.1, -0.05) is 39.0 Å². The largest absolute Gasteiger partial charge is 0.388 e. The van der Waals surface area contributed by atoms with Crippen molar-refractivity contribution in [3.8, 4) is 0 Å². The smallest absolute Gasteiger partial charge is 0.211 e. The molecule has 1 aromatic carbocycles. The van der Waals surface area contributed by atoms with E-state index in [4.69, 9.17) is 0 Å². The third kappa shape index (κ3) is 2.99. The summed E-state index contributed by atoms with van der Waals surface area (Å²) >= 11 is 0. The number of aliphatic hydroxyl groups excluding tert-OH is 1. The van der Waals surface area contributed by atoms with Crippen molar-refractivity contribution in [3.63, 3.8) is 0 Å². The number of sulfonamides is 1. The maximum atomic E-state index is 11.6. The van der Waals surface area contributed by atoms with Gasteiger partial charge in [0.25, 0.3) is 0 Å². The predicted molar refractivity (Wildman–Crippen MR) is 74.9 cm³/mol. The average Bonchev–Trinajstić information content (AvgIpc) is 2.68. The molecule has 0 amide bonds. The van der Waals surface area contributed by atoms with Crippen molar-refractivity contribution in [1.82, 2.24) is 4.31 Å². The van der Waals surface area contributed by atoms with Crippen LogP contribution in [0, 0.1) is 5.41 Å². The zero-order valence-electron chi connectivity index (χ0n) is 11.8.